The van der Waals surface area contributed by atoms with Crippen molar-refractivity contribution in [1.29, 1.82) is 0 Å². The molecule has 1 saturated heterocycles. The lowest BCUT2D eigenvalue weighted by atomic mass is 9.93. The summed E-state index contributed by atoms with van der Waals surface area (Å²) in [5, 5.41) is 8.27. The molecule has 1 atom stereocenters. The Labute approximate surface area is 195 Å². The van der Waals surface area contributed by atoms with Gasteiger partial charge in [-0.2, -0.15) is 5.10 Å². The van der Waals surface area contributed by atoms with E-state index in [1.807, 2.05) is 24.6 Å². The number of hydrogen-bond donors (Lipinski definition) is 2. The van der Waals surface area contributed by atoms with E-state index in [1.54, 1.807) is 11.3 Å². The van der Waals surface area contributed by atoms with Crippen LogP contribution in [-0.2, 0) is 15.1 Å². The number of H-pyrrole nitrogens is 1. The molecule has 9 heteroatoms. The van der Waals surface area contributed by atoms with Crippen LogP contribution in [-0.4, -0.2) is 53.0 Å². The molecule has 2 aliphatic rings. The summed E-state index contributed by atoms with van der Waals surface area (Å²) < 4.78 is 12.9. The highest BCUT2D eigenvalue weighted by atomic mass is 32.1. The lowest BCUT2D eigenvalue weighted by molar-refractivity contribution is 0.0176. The number of morpholine rings is 1. The van der Waals surface area contributed by atoms with Gasteiger partial charge < -0.3 is 20.1 Å². The molecule has 8 nitrogen and oxygen atoms in total. The zero-order valence-corrected chi connectivity index (χ0v) is 19.3. The van der Waals surface area contributed by atoms with Crippen LogP contribution in [0.2, 0.25) is 0 Å². The SMILES string of the molecule is CC1(c2cc3nc(-c4cccc5[nH]ncc45)nc(N4CCOCC4)c3s2)CCC(CN)=CO1. The quantitative estimate of drug-likeness (QED) is 0.474. The Hall–Kier alpha value is -3.01. The van der Waals surface area contributed by atoms with Crippen LogP contribution in [0.5, 0.6) is 0 Å². The molecule has 0 bridgehead atoms. The number of thiophene rings is 1. The van der Waals surface area contributed by atoms with Crippen LogP contribution in [0.3, 0.4) is 0 Å². The molecule has 1 aromatic carbocycles. The van der Waals surface area contributed by atoms with E-state index in [2.05, 4.69) is 34.2 Å². The second kappa shape index (κ2) is 8.09. The number of nitrogens with two attached hydrogens (primary N) is 1. The molecule has 3 N–H and O–H groups in total. The fourth-order valence-electron chi connectivity index (χ4n) is 4.51. The highest BCUT2D eigenvalue weighted by Gasteiger charge is 2.34. The lowest BCUT2D eigenvalue weighted by Gasteiger charge is -2.32. The third kappa shape index (κ3) is 3.56. The van der Waals surface area contributed by atoms with Crippen LogP contribution < -0.4 is 10.6 Å². The Morgan fingerprint density at radius 2 is 2.12 bits per heavy atom. The first-order valence-corrected chi connectivity index (χ1v) is 12.1. The predicted molar refractivity (Wildman–Crippen MR) is 130 cm³/mol. The highest BCUT2D eigenvalue weighted by molar-refractivity contribution is 7.19. The maximum absolute atomic E-state index is 6.21. The summed E-state index contributed by atoms with van der Waals surface area (Å²) in [6, 6.07) is 8.25. The standard InChI is InChI=1S/C24H26N6O2S/c1-24(6-5-15(12-25)14-32-24)20-11-19-21(33-20)23(30-7-9-31-10-8-30)28-22(27-19)16-3-2-4-18-17(16)13-26-29-18/h2-4,11,13-14H,5-10,12,25H2,1H3,(H,26,29). The zero-order valence-electron chi connectivity index (χ0n) is 18.5. The van der Waals surface area contributed by atoms with E-state index in [0.29, 0.717) is 25.6 Å². The minimum absolute atomic E-state index is 0.392. The van der Waals surface area contributed by atoms with Crippen molar-refractivity contribution in [2.45, 2.75) is 25.4 Å². The van der Waals surface area contributed by atoms with Gasteiger partial charge in [0.15, 0.2) is 11.6 Å². The maximum Gasteiger partial charge on any atom is 0.162 e. The van der Waals surface area contributed by atoms with Crippen molar-refractivity contribution in [3.05, 3.63) is 47.2 Å². The van der Waals surface area contributed by atoms with E-state index in [9.17, 15) is 0 Å². The Kier molecular flexibility index (Phi) is 5.05. The zero-order chi connectivity index (χ0) is 22.4. The van der Waals surface area contributed by atoms with E-state index in [0.717, 1.165) is 68.9 Å². The molecular weight excluding hydrogens is 436 g/mol. The molecule has 5 heterocycles. The molecule has 3 aromatic heterocycles. The molecule has 0 radical (unpaired) electrons. The molecular formula is C24H26N6O2S. The topological polar surface area (TPSA) is 102 Å². The fourth-order valence-corrected chi connectivity index (χ4v) is 5.74. The number of aromatic nitrogens is 4. The maximum atomic E-state index is 6.21. The van der Waals surface area contributed by atoms with Crippen LogP contribution in [0.1, 0.15) is 24.6 Å². The predicted octanol–water partition coefficient (Wildman–Crippen LogP) is 3.94. The number of fused-ring (bicyclic) bond motifs is 2. The number of rotatable bonds is 4. The molecule has 0 spiro atoms. The van der Waals surface area contributed by atoms with E-state index < -0.39 is 5.60 Å². The first-order valence-electron chi connectivity index (χ1n) is 11.3. The van der Waals surface area contributed by atoms with Gasteiger partial charge >= 0.3 is 0 Å². The summed E-state index contributed by atoms with van der Waals surface area (Å²) in [6.45, 7) is 5.71. The molecule has 1 unspecified atom stereocenters. The average Bonchev–Trinajstić information content (AvgIpc) is 3.52. The molecule has 0 amide bonds. The van der Waals surface area contributed by atoms with Crippen LogP contribution in [0.25, 0.3) is 32.5 Å². The molecule has 33 heavy (non-hydrogen) atoms. The van der Waals surface area contributed by atoms with Crippen LogP contribution in [0.15, 0.2) is 42.3 Å². The van der Waals surface area contributed by atoms with Crippen molar-refractivity contribution in [3.63, 3.8) is 0 Å². The van der Waals surface area contributed by atoms with Gasteiger partial charge in [0.25, 0.3) is 0 Å². The van der Waals surface area contributed by atoms with Gasteiger partial charge in [0.2, 0.25) is 0 Å². The molecule has 0 aliphatic carbocycles. The van der Waals surface area contributed by atoms with Gasteiger partial charge in [-0.3, -0.25) is 5.10 Å². The van der Waals surface area contributed by atoms with E-state index >= 15 is 0 Å². The fraction of sp³-hybridized carbons (Fsp3) is 0.375. The monoisotopic (exact) mass is 462 g/mol. The molecule has 1 fully saturated rings. The number of ether oxygens (including phenoxy) is 2. The van der Waals surface area contributed by atoms with Crippen molar-refractivity contribution in [1.82, 2.24) is 20.2 Å². The molecule has 2 aliphatic heterocycles. The highest BCUT2D eigenvalue weighted by Crippen LogP contribution is 2.44. The van der Waals surface area contributed by atoms with Gasteiger partial charge in [-0.1, -0.05) is 12.1 Å². The summed E-state index contributed by atoms with van der Waals surface area (Å²) in [5.74, 6) is 1.67. The Bertz CT molecular complexity index is 1360. The number of benzene rings is 1. The van der Waals surface area contributed by atoms with Crippen molar-refractivity contribution < 1.29 is 9.47 Å². The Balaban J connectivity index is 1.51. The van der Waals surface area contributed by atoms with Crippen LogP contribution >= 0.6 is 11.3 Å². The molecule has 6 rings (SSSR count). The third-order valence-corrected chi connectivity index (χ3v) is 7.95. The summed E-state index contributed by atoms with van der Waals surface area (Å²) in [7, 11) is 0. The lowest BCUT2D eigenvalue weighted by Crippen LogP contribution is -2.36. The summed E-state index contributed by atoms with van der Waals surface area (Å²) in [5.41, 5.74) is 9.46. The van der Waals surface area contributed by atoms with E-state index in [1.165, 1.54) is 0 Å². The summed E-state index contributed by atoms with van der Waals surface area (Å²) in [6.07, 6.45) is 5.51. The summed E-state index contributed by atoms with van der Waals surface area (Å²) >= 11 is 1.73. The minimum Gasteiger partial charge on any atom is -0.490 e. The van der Waals surface area contributed by atoms with E-state index in [4.69, 9.17) is 25.2 Å². The second-order valence-electron chi connectivity index (χ2n) is 8.76. The first-order chi connectivity index (χ1) is 16.1. The van der Waals surface area contributed by atoms with Crippen LogP contribution in [0.4, 0.5) is 5.82 Å². The number of anilines is 1. The van der Waals surface area contributed by atoms with Gasteiger partial charge in [0.1, 0.15) is 5.60 Å². The third-order valence-electron chi connectivity index (χ3n) is 6.58. The molecule has 0 saturated carbocycles. The van der Waals surface area contributed by atoms with E-state index in [-0.39, 0.29) is 0 Å². The average molecular weight is 463 g/mol. The van der Waals surface area contributed by atoms with Gasteiger partial charge in [-0.15, -0.1) is 11.3 Å². The normalized spacial score (nSPS) is 21.4. The number of nitrogens with zero attached hydrogens (tertiary/aromatic N) is 4. The van der Waals surface area contributed by atoms with Crippen molar-refractivity contribution in [2.75, 3.05) is 37.7 Å². The largest absolute Gasteiger partial charge is 0.490 e. The molecule has 4 aromatic rings. The Morgan fingerprint density at radius 1 is 1.24 bits per heavy atom. The van der Waals surface area contributed by atoms with Crippen LogP contribution in [0, 0.1) is 0 Å². The molecule has 170 valence electrons. The van der Waals surface area contributed by atoms with Gasteiger partial charge in [0, 0.05) is 30.6 Å². The minimum atomic E-state index is -0.392. The number of nitrogens with one attached hydrogen (secondary N) is 1. The van der Waals surface area contributed by atoms with Crippen molar-refractivity contribution >= 4 is 38.3 Å². The van der Waals surface area contributed by atoms with Gasteiger partial charge in [0.05, 0.1) is 46.3 Å². The summed E-state index contributed by atoms with van der Waals surface area (Å²) in [4.78, 5) is 13.6. The first kappa shape index (κ1) is 20.6. The van der Waals surface area contributed by atoms with Crippen molar-refractivity contribution in [3.8, 4) is 11.4 Å². The Morgan fingerprint density at radius 3 is 2.91 bits per heavy atom. The second-order valence-corrected chi connectivity index (χ2v) is 9.81. The van der Waals surface area contributed by atoms with Crippen molar-refractivity contribution in [2.24, 2.45) is 5.73 Å². The van der Waals surface area contributed by atoms with Gasteiger partial charge in [-0.25, -0.2) is 9.97 Å². The number of hydrogen-bond acceptors (Lipinski definition) is 8. The number of aromatic amines is 1. The van der Waals surface area contributed by atoms with Gasteiger partial charge in [-0.05, 0) is 37.5 Å². The smallest absolute Gasteiger partial charge is 0.162 e.